The van der Waals surface area contributed by atoms with Gasteiger partial charge in [-0.25, -0.2) is 9.97 Å². The summed E-state index contributed by atoms with van der Waals surface area (Å²) in [5.41, 5.74) is 1.36. The highest BCUT2D eigenvalue weighted by Crippen LogP contribution is 2.16. The van der Waals surface area contributed by atoms with Gasteiger partial charge in [0.15, 0.2) is 0 Å². The summed E-state index contributed by atoms with van der Waals surface area (Å²) in [6, 6.07) is 9.28. The molecule has 1 aromatic heterocycles. The molecule has 0 unspecified atom stereocenters. The molecule has 6 heteroatoms. The van der Waals surface area contributed by atoms with Crippen LogP contribution in [0.4, 0.5) is 5.82 Å². The van der Waals surface area contributed by atoms with E-state index < -0.39 is 0 Å². The number of anilines is 1. The second-order valence-corrected chi connectivity index (χ2v) is 5.72. The number of unbranched alkanes of at least 4 members (excludes halogenated alkanes) is 1. The first-order valence-corrected chi connectivity index (χ1v) is 8.04. The van der Waals surface area contributed by atoms with Crippen LogP contribution in [-0.4, -0.2) is 34.4 Å². The van der Waals surface area contributed by atoms with Gasteiger partial charge in [0.1, 0.15) is 17.8 Å². The lowest BCUT2D eigenvalue weighted by Crippen LogP contribution is -2.28. The van der Waals surface area contributed by atoms with E-state index in [0.717, 1.165) is 24.9 Å². The summed E-state index contributed by atoms with van der Waals surface area (Å²) in [4.78, 5) is 22.2. The second kappa shape index (κ2) is 8.48. The molecule has 1 aromatic carbocycles. The molecule has 0 fully saturated rings. The van der Waals surface area contributed by atoms with Crippen molar-refractivity contribution in [2.24, 2.45) is 0 Å². The Bertz CT molecular complexity index is 663. The van der Waals surface area contributed by atoms with E-state index in [2.05, 4.69) is 22.2 Å². The van der Waals surface area contributed by atoms with Crippen molar-refractivity contribution in [3.05, 3.63) is 52.9 Å². The van der Waals surface area contributed by atoms with Crippen LogP contribution in [0.2, 0.25) is 5.02 Å². The summed E-state index contributed by atoms with van der Waals surface area (Å²) in [6.45, 7) is 3.36. The number of aromatic nitrogens is 2. The minimum Gasteiger partial charge on any atom is -0.366 e. The zero-order valence-electron chi connectivity index (χ0n) is 13.4. The van der Waals surface area contributed by atoms with E-state index in [0.29, 0.717) is 23.1 Å². The van der Waals surface area contributed by atoms with Gasteiger partial charge in [-0.1, -0.05) is 43.1 Å². The SMILES string of the molecule is CCCCN(C)C(=O)c1cc(NCc2ccccc2Cl)ncn1. The normalized spacial score (nSPS) is 10.4. The maximum atomic E-state index is 12.3. The number of hydrogen-bond donors (Lipinski definition) is 1. The molecule has 2 rings (SSSR count). The summed E-state index contributed by atoms with van der Waals surface area (Å²) >= 11 is 6.13. The predicted molar refractivity (Wildman–Crippen MR) is 92.7 cm³/mol. The molecule has 1 heterocycles. The molecule has 0 aliphatic rings. The van der Waals surface area contributed by atoms with Gasteiger partial charge in [0.2, 0.25) is 0 Å². The van der Waals surface area contributed by atoms with E-state index in [1.807, 2.05) is 24.3 Å². The van der Waals surface area contributed by atoms with Crippen molar-refractivity contribution in [3.8, 4) is 0 Å². The van der Waals surface area contributed by atoms with Gasteiger partial charge in [-0.05, 0) is 18.1 Å². The van der Waals surface area contributed by atoms with E-state index in [9.17, 15) is 4.79 Å². The third kappa shape index (κ3) is 4.93. The molecule has 0 spiro atoms. The Hall–Kier alpha value is -2.14. The molecule has 0 saturated carbocycles. The fourth-order valence-electron chi connectivity index (χ4n) is 2.09. The molecule has 0 saturated heterocycles. The molecule has 0 radical (unpaired) electrons. The van der Waals surface area contributed by atoms with E-state index in [4.69, 9.17) is 11.6 Å². The number of benzene rings is 1. The lowest BCUT2D eigenvalue weighted by molar-refractivity contribution is 0.0787. The smallest absolute Gasteiger partial charge is 0.272 e. The van der Waals surface area contributed by atoms with Crippen LogP contribution < -0.4 is 5.32 Å². The van der Waals surface area contributed by atoms with Crippen LogP contribution >= 0.6 is 11.6 Å². The third-order valence-corrected chi connectivity index (χ3v) is 3.87. The minimum absolute atomic E-state index is 0.0957. The lowest BCUT2D eigenvalue weighted by Gasteiger charge is -2.16. The predicted octanol–water partition coefficient (Wildman–Crippen LogP) is 3.61. The number of halogens is 1. The maximum absolute atomic E-state index is 12.3. The van der Waals surface area contributed by atoms with Crippen LogP contribution in [0.25, 0.3) is 0 Å². The number of hydrogen-bond acceptors (Lipinski definition) is 4. The van der Waals surface area contributed by atoms with Crippen LogP contribution in [0, 0.1) is 0 Å². The average molecular weight is 333 g/mol. The zero-order chi connectivity index (χ0) is 16.7. The molecule has 2 aromatic rings. The maximum Gasteiger partial charge on any atom is 0.272 e. The Morgan fingerprint density at radius 2 is 2.09 bits per heavy atom. The van der Waals surface area contributed by atoms with Gasteiger partial charge in [-0.3, -0.25) is 4.79 Å². The number of amides is 1. The van der Waals surface area contributed by atoms with Gasteiger partial charge >= 0.3 is 0 Å². The highest BCUT2D eigenvalue weighted by atomic mass is 35.5. The Kier molecular flexibility index (Phi) is 6.35. The molecule has 122 valence electrons. The number of rotatable bonds is 7. The van der Waals surface area contributed by atoms with Crippen LogP contribution in [0.3, 0.4) is 0 Å². The van der Waals surface area contributed by atoms with Gasteiger partial charge < -0.3 is 10.2 Å². The number of carbonyl (C=O) groups excluding carboxylic acids is 1. The van der Waals surface area contributed by atoms with E-state index in [1.54, 1.807) is 18.0 Å². The average Bonchev–Trinajstić information content (AvgIpc) is 2.58. The van der Waals surface area contributed by atoms with Crippen molar-refractivity contribution in [1.29, 1.82) is 0 Å². The molecule has 5 nitrogen and oxygen atoms in total. The summed E-state index contributed by atoms with van der Waals surface area (Å²) in [7, 11) is 1.79. The first-order chi connectivity index (χ1) is 11.1. The van der Waals surface area contributed by atoms with Crippen molar-refractivity contribution in [3.63, 3.8) is 0 Å². The highest BCUT2D eigenvalue weighted by Gasteiger charge is 2.13. The third-order valence-electron chi connectivity index (χ3n) is 3.50. The fraction of sp³-hybridized carbons (Fsp3) is 0.353. The lowest BCUT2D eigenvalue weighted by atomic mass is 10.2. The largest absolute Gasteiger partial charge is 0.366 e. The van der Waals surface area contributed by atoms with Crippen LogP contribution in [-0.2, 0) is 6.54 Å². The van der Waals surface area contributed by atoms with Crippen LogP contribution in [0.5, 0.6) is 0 Å². The Morgan fingerprint density at radius 3 is 2.83 bits per heavy atom. The Labute approximate surface area is 141 Å². The van der Waals surface area contributed by atoms with Gasteiger partial charge in [0.05, 0.1) is 0 Å². The highest BCUT2D eigenvalue weighted by molar-refractivity contribution is 6.31. The quantitative estimate of drug-likeness (QED) is 0.841. The molecule has 1 N–H and O–H groups in total. The van der Waals surface area contributed by atoms with E-state index in [1.165, 1.54) is 6.33 Å². The van der Waals surface area contributed by atoms with Gasteiger partial charge in [0, 0.05) is 31.2 Å². The molecule has 23 heavy (non-hydrogen) atoms. The molecule has 0 aliphatic carbocycles. The van der Waals surface area contributed by atoms with Crippen molar-refractivity contribution in [2.75, 3.05) is 18.9 Å². The van der Waals surface area contributed by atoms with E-state index in [-0.39, 0.29) is 5.91 Å². The Morgan fingerprint density at radius 1 is 1.30 bits per heavy atom. The van der Waals surface area contributed by atoms with Crippen molar-refractivity contribution in [1.82, 2.24) is 14.9 Å². The summed E-state index contributed by atoms with van der Waals surface area (Å²) < 4.78 is 0. The fourth-order valence-corrected chi connectivity index (χ4v) is 2.29. The van der Waals surface area contributed by atoms with E-state index >= 15 is 0 Å². The van der Waals surface area contributed by atoms with Crippen LogP contribution in [0.15, 0.2) is 36.7 Å². The number of nitrogens with one attached hydrogen (secondary N) is 1. The van der Waals surface area contributed by atoms with Crippen molar-refractivity contribution in [2.45, 2.75) is 26.3 Å². The van der Waals surface area contributed by atoms with Crippen molar-refractivity contribution < 1.29 is 4.79 Å². The molecular weight excluding hydrogens is 312 g/mol. The van der Waals surface area contributed by atoms with Gasteiger partial charge in [-0.2, -0.15) is 0 Å². The minimum atomic E-state index is -0.0957. The molecular formula is C17H21ClN4O. The standard InChI is InChI=1S/C17H21ClN4O/c1-3-4-9-22(2)17(23)15-10-16(21-12-20-15)19-11-13-7-5-6-8-14(13)18/h5-8,10,12H,3-4,9,11H2,1-2H3,(H,19,20,21). The monoisotopic (exact) mass is 332 g/mol. The summed E-state index contributed by atoms with van der Waals surface area (Å²) in [5.74, 6) is 0.508. The number of nitrogens with zero attached hydrogens (tertiary/aromatic N) is 3. The summed E-state index contributed by atoms with van der Waals surface area (Å²) in [5, 5.41) is 3.87. The summed E-state index contributed by atoms with van der Waals surface area (Å²) in [6.07, 6.45) is 3.42. The first kappa shape index (κ1) is 17.2. The first-order valence-electron chi connectivity index (χ1n) is 7.66. The molecule has 0 aliphatic heterocycles. The molecule has 0 bridgehead atoms. The second-order valence-electron chi connectivity index (χ2n) is 5.31. The van der Waals surface area contributed by atoms with Gasteiger partial charge in [0.25, 0.3) is 5.91 Å². The van der Waals surface area contributed by atoms with Crippen molar-refractivity contribution >= 4 is 23.3 Å². The topological polar surface area (TPSA) is 58.1 Å². The number of carbonyl (C=O) groups is 1. The Balaban J connectivity index is 2.02. The zero-order valence-corrected chi connectivity index (χ0v) is 14.2. The van der Waals surface area contributed by atoms with Crippen LogP contribution in [0.1, 0.15) is 35.8 Å². The van der Waals surface area contributed by atoms with Gasteiger partial charge in [-0.15, -0.1) is 0 Å². The molecule has 1 amide bonds. The molecule has 0 atom stereocenters.